The van der Waals surface area contributed by atoms with Crippen LogP contribution in [0, 0.1) is 0 Å². The molecule has 0 saturated heterocycles. The van der Waals surface area contributed by atoms with Crippen LogP contribution in [0.2, 0.25) is 0 Å². The Morgan fingerprint density at radius 3 is 1.17 bits per heavy atom. The number of carboxylic acids is 5. The van der Waals surface area contributed by atoms with Crippen molar-refractivity contribution < 1.29 is 73.9 Å². The SMILES string of the molecule is O=C(O)CC(O)(CC(=O)O)C(=O)O.O=C(O)c1ccccc1C(=O)O.O=P(O)(O)O. The second-order valence-electron chi connectivity index (χ2n) is 5.15. The normalized spacial score (nSPS) is 10.4. The van der Waals surface area contributed by atoms with Gasteiger partial charge < -0.3 is 45.3 Å². The second-order valence-corrected chi connectivity index (χ2v) is 6.17. The summed E-state index contributed by atoms with van der Waals surface area (Å²) in [6.07, 6.45) is -2.29. The van der Waals surface area contributed by atoms with Gasteiger partial charge in [0.05, 0.1) is 24.0 Å². The lowest BCUT2D eigenvalue weighted by Gasteiger charge is -2.18. The van der Waals surface area contributed by atoms with Gasteiger partial charge >= 0.3 is 37.7 Å². The smallest absolute Gasteiger partial charge is 0.466 e. The Bertz CT molecular complexity index is 782. The maximum absolute atomic E-state index is 10.5. The van der Waals surface area contributed by atoms with Gasteiger partial charge in [0.1, 0.15) is 0 Å². The zero-order chi connectivity index (χ0) is 24.3. The third-order valence-corrected chi connectivity index (χ3v) is 2.67. The van der Waals surface area contributed by atoms with E-state index in [1.807, 2.05) is 0 Å². The third kappa shape index (κ3) is 13.8. The van der Waals surface area contributed by atoms with Crippen molar-refractivity contribution in [2.24, 2.45) is 0 Å². The number of hydrogen-bond donors (Lipinski definition) is 9. The van der Waals surface area contributed by atoms with Crippen LogP contribution in [0.3, 0.4) is 0 Å². The van der Waals surface area contributed by atoms with E-state index in [1.54, 1.807) is 0 Å². The van der Waals surface area contributed by atoms with Crippen LogP contribution >= 0.6 is 7.82 Å². The summed E-state index contributed by atoms with van der Waals surface area (Å²) >= 11 is 0. The van der Waals surface area contributed by atoms with Crippen LogP contribution in [0.15, 0.2) is 24.3 Å². The van der Waals surface area contributed by atoms with Gasteiger partial charge in [0.2, 0.25) is 0 Å². The molecule has 0 spiro atoms. The molecule has 0 atom stereocenters. The average molecular weight is 456 g/mol. The molecule has 0 amide bonds. The highest BCUT2D eigenvalue weighted by Gasteiger charge is 2.40. The Hall–Kier alpha value is -3.36. The topological polar surface area (TPSA) is 284 Å². The standard InChI is InChI=1S/C8H6O4.C6H8O7.H3O4P/c9-7(10)5-3-1-2-4-6(5)8(11)12;7-3(8)1-6(13,5(11)12)2-4(9)10;1-5(2,3)4/h1-4H,(H,9,10)(H,11,12);13H,1-2H2,(H,7,8)(H,9,10)(H,11,12);(H3,1,2,3,4). The maximum atomic E-state index is 10.5. The molecule has 15 nitrogen and oxygen atoms in total. The summed E-state index contributed by atoms with van der Waals surface area (Å²) in [4.78, 5) is 73.0. The van der Waals surface area contributed by atoms with Gasteiger partial charge in [0, 0.05) is 0 Å². The van der Waals surface area contributed by atoms with Crippen molar-refractivity contribution in [3.63, 3.8) is 0 Å². The molecule has 0 heterocycles. The molecule has 168 valence electrons. The molecule has 30 heavy (non-hydrogen) atoms. The summed E-state index contributed by atoms with van der Waals surface area (Å²) < 4.78 is 8.88. The van der Waals surface area contributed by atoms with E-state index in [1.165, 1.54) is 24.3 Å². The third-order valence-electron chi connectivity index (χ3n) is 2.67. The van der Waals surface area contributed by atoms with Gasteiger partial charge in [-0.15, -0.1) is 0 Å². The molecule has 0 aromatic heterocycles. The Kier molecular flexibility index (Phi) is 11.8. The molecule has 0 unspecified atom stereocenters. The molecule has 0 bridgehead atoms. The van der Waals surface area contributed by atoms with E-state index in [0.717, 1.165) is 0 Å². The number of phosphoric acid groups is 1. The zero-order valence-corrected chi connectivity index (χ0v) is 15.5. The van der Waals surface area contributed by atoms with Crippen molar-refractivity contribution in [3.05, 3.63) is 35.4 Å². The Balaban J connectivity index is 0. The highest BCUT2D eigenvalue weighted by atomic mass is 31.2. The molecule has 0 aliphatic rings. The second kappa shape index (κ2) is 12.3. The van der Waals surface area contributed by atoms with Crippen LogP contribution in [-0.4, -0.2) is 80.8 Å². The fraction of sp³-hybridized carbons (Fsp3) is 0.214. The van der Waals surface area contributed by atoms with Gasteiger partial charge in [-0.3, -0.25) is 9.59 Å². The molecule has 0 aliphatic heterocycles. The summed E-state index contributed by atoms with van der Waals surface area (Å²) in [5.41, 5.74) is -3.12. The first kappa shape index (κ1) is 28.8. The molecule has 0 radical (unpaired) electrons. The first-order chi connectivity index (χ1) is 13.4. The quantitative estimate of drug-likeness (QED) is 0.220. The number of hydrogen-bond acceptors (Lipinski definition) is 7. The number of aliphatic hydroxyl groups is 1. The molecular weight excluding hydrogens is 439 g/mol. The summed E-state index contributed by atoms with van der Waals surface area (Å²) in [5.74, 6) is -7.48. The fourth-order valence-corrected chi connectivity index (χ4v) is 1.57. The maximum Gasteiger partial charge on any atom is 0.466 e. The minimum Gasteiger partial charge on any atom is -0.481 e. The zero-order valence-electron chi connectivity index (χ0n) is 14.6. The highest BCUT2D eigenvalue weighted by Crippen LogP contribution is 2.25. The van der Waals surface area contributed by atoms with Crippen molar-refractivity contribution in [2.75, 3.05) is 0 Å². The van der Waals surface area contributed by atoms with E-state index in [4.69, 9.17) is 49.9 Å². The Morgan fingerprint density at radius 2 is 1.00 bits per heavy atom. The van der Waals surface area contributed by atoms with Gasteiger partial charge in [-0.1, -0.05) is 12.1 Å². The number of rotatable bonds is 7. The largest absolute Gasteiger partial charge is 0.481 e. The van der Waals surface area contributed by atoms with E-state index in [9.17, 15) is 24.0 Å². The minimum atomic E-state index is -4.64. The molecule has 16 heteroatoms. The number of benzene rings is 1. The predicted octanol–water partition coefficient (Wildman–Crippen LogP) is -1.09. The number of aromatic carboxylic acids is 2. The molecular formula is C14H17O15P. The number of carboxylic acid groups (broad SMARTS) is 5. The van der Waals surface area contributed by atoms with Crippen molar-refractivity contribution in [2.45, 2.75) is 18.4 Å². The van der Waals surface area contributed by atoms with Crippen LogP contribution in [0.4, 0.5) is 0 Å². The van der Waals surface area contributed by atoms with Crippen LogP contribution in [0.1, 0.15) is 33.6 Å². The average Bonchev–Trinajstić information content (AvgIpc) is 2.52. The minimum absolute atomic E-state index is 0.190. The summed E-state index contributed by atoms with van der Waals surface area (Å²) in [6.45, 7) is 0. The van der Waals surface area contributed by atoms with E-state index in [-0.39, 0.29) is 11.1 Å². The molecule has 9 N–H and O–H groups in total. The lowest BCUT2D eigenvalue weighted by Crippen LogP contribution is -2.42. The van der Waals surface area contributed by atoms with Gasteiger partial charge in [0.15, 0.2) is 5.60 Å². The fourth-order valence-electron chi connectivity index (χ4n) is 1.57. The van der Waals surface area contributed by atoms with Crippen molar-refractivity contribution in [1.29, 1.82) is 0 Å². The van der Waals surface area contributed by atoms with Gasteiger partial charge in [-0.2, -0.15) is 0 Å². The van der Waals surface area contributed by atoms with Gasteiger partial charge in [-0.25, -0.2) is 18.9 Å². The monoisotopic (exact) mass is 456 g/mol. The summed E-state index contributed by atoms with van der Waals surface area (Å²) in [6, 6.07) is 5.48. The molecule has 0 aliphatic carbocycles. The lowest BCUT2D eigenvalue weighted by atomic mass is 9.96. The molecule has 1 aromatic carbocycles. The van der Waals surface area contributed by atoms with Gasteiger partial charge in [-0.05, 0) is 12.1 Å². The van der Waals surface area contributed by atoms with E-state index < -0.39 is 56.1 Å². The Labute approximate surface area is 166 Å². The van der Waals surface area contributed by atoms with Crippen molar-refractivity contribution >= 4 is 37.7 Å². The summed E-state index contributed by atoms with van der Waals surface area (Å²) in [7, 11) is -4.64. The highest BCUT2D eigenvalue weighted by molar-refractivity contribution is 7.45. The van der Waals surface area contributed by atoms with Crippen LogP contribution in [0.25, 0.3) is 0 Å². The van der Waals surface area contributed by atoms with E-state index in [0.29, 0.717) is 0 Å². The molecule has 0 saturated carbocycles. The van der Waals surface area contributed by atoms with E-state index >= 15 is 0 Å². The molecule has 1 aromatic rings. The van der Waals surface area contributed by atoms with Crippen LogP contribution in [-0.2, 0) is 18.9 Å². The van der Waals surface area contributed by atoms with E-state index in [2.05, 4.69) is 0 Å². The number of carbonyl (C=O) groups is 5. The molecule has 1 rings (SSSR count). The van der Waals surface area contributed by atoms with Gasteiger partial charge in [0.25, 0.3) is 0 Å². The van der Waals surface area contributed by atoms with Crippen molar-refractivity contribution in [1.82, 2.24) is 0 Å². The van der Waals surface area contributed by atoms with Crippen LogP contribution < -0.4 is 0 Å². The predicted molar refractivity (Wildman–Crippen MR) is 91.7 cm³/mol. The molecule has 0 fully saturated rings. The van der Waals surface area contributed by atoms with Crippen molar-refractivity contribution in [3.8, 4) is 0 Å². The number of aliphatic carboxylic acids is 3. The first-order valence-electron chi connectivity index (χ1n) is 7.14. The summed E-state index contributed by atoms with van der Waals surface area (Å²) in [5, 5.41) is 50.9. The Morgan fingerprint density at radius 1 is 0.733 bits per heavy atom. The van der Waals surface area contributed by atoms with Crippen LogP contribution in [0.5, 0.6) is 0 Å². The first-order valence-corrected chi connectivity index (χ1v) is 8.70. The lowest BCUT2D eigenvalue weighted by molar-refractivity contribution is -0.170.